The van der Waals surface area contributed by atoms with E-state index >= 15 is 0 Å². The first-order chi connectivity index (χ1) is 10.1. The van der Waals surface area contributed by atoms with E-state index in [-0.39, 0.29) is 12.3 Å². The van der Waals surface area contributed by atoms with Crippen LogP contribution in [0.15, 0.2) is 51.8 Å². The van der Waals surface area contributed by atoms with E-state index in [2.05, 4.69) is 21.4 Å². The van der Waals surface area contributed by atoms with Gasteiger partial charge in [-0.05, 0) is 29.3 Å². The first kappa shape index (κ1) is 15.9. The molecule has 0 saturated heterocycles. The lowest BCUT2D eigenvalue weighted by Crippen LogP contribution is -2.31. The zero-order chi connectivity index (χ0) is 15.2. The number of hydrogen-bond donors (Lipinski definition) is 3. The first-order valence-corrected chi connectivity index (χ1v) is 8.12. The Morgan fingerprint density at radius 3 is 2.62 bits per heavy atom. The molecular formula is C15H16BrN3OS. The van der Waals surface area contributed by atoms with Gasteiger partial charge in [0.05, 0.1) is 6.42 Å². The van der Waals surface area contributed by atoms with Crippen molar-refractivity contribution in [2.75, 3.05) is 5.73 Å². The summed E-state index contributed by atoms with van der Waals surface area (Å²) in [5, 5.41) is 0. The second-order valence-electron chi connectivity index (χ2n) is 4.48. The van der Waals surface area contributed by atoms with Gasteiger partial charge in [0.25, 0.3) is 0 Å². The highest BCUT2D eigenvalue weighted by molar-refractivity contribution is 9.10. The molecule has 0 aliphatic heterocycles. The Labute approximate surface area is 136 Å². The molecule has 0 heterocycles. The number of rotatable bonds is 5. The van der Waals surface area contributed by atoms with Gasteiger partial charge < -0.3 is 5.73 Å². The number of benzene rings is 2. The lowest BCUT2D eigenvalue weighted by Gasteiger charge is -2.10. The molecule has 21 heavy (non-hydrogen) atoms. The highest BCUT2D eigenvalue weighted by Gasteiger charge is 2.08. The summed E-state index contributed by atoms with van der Waals surface area (Å²) in [4.78, 5) is 12.5. The van der Waals surface area contributed by atoms with Gasteiger partial charge in [-0.3, -0.25) is 10.2 Å². The Morgan fingerprint density at radius 2 is 1.90 bits per heavy atom. The minimum atomic E-state index is -0.200. The van der Waals surface area contributed by atoms with Crippen molar-refractivity contribution in [2.45, 2.75) is 17.1 Å². The second-order valence-corrected chi connectivity index (χ2v) is 6.42. The van der Waals surface area contributed by atoms with E-state index in [1.807, 2.05) is 42.5 Å². The van der Waals surface area contributed by atoms with Crippen LogP contribution in [-0.2, 0) is 17.0 Å². The fraction of sp³-hybridized carbons (Fsp3) is 0.133. The van der Waals surface area contributed by atoms with Crippen LogP contribution in [0, 0.1) is 0 Å². The van der Waals surface area contributed by atoms with Gasteiger partial charge in [0, 0.05) is 20.8 Å². The molecule has 0 aromatic heterocycles. The molecule has 2 aromatic rings. The summed E-state index contributed by atoms with van der Waals surface area (Å²) in [5.74, 6) is 5.69. The van der Waals surface area contributed by atoms with E-state index in [0.29, 0.717) is 0 Å². The summed E-state index contributed by atoms with van der Waals surface area (Å²) in [6, 6.07) is 13.6. The fourth-order valence-corrected chi connectivity index (χ4v) is 3.43. The van der Waals surface area contributed by atoms with Gasteiger partial charge in [0.2, 0.25) is 5.91 Å². The molecule has 110 valence electrons. The van der Waals surface area contributed by atoms with Crippen molar-refractivity contribution in [2.24, 2.45) is 5.84 Å². The van der Waals surface area contributed by atoms with Crippen LogP contribution < -0.4 is 17.0 Å². The number of halogens is 1. The van der Waals surface area contributed by atoms with Gasteiger partial charge in [-0.1, -0.05) is 40.2 Å². The predicted molar refractivity (Wildman–Crippen MR) is 90.6 cm³/mol. The minimum Gasteiger partial charge on any atom is -0.398 e. The summed E-state index contributed by atoms with van der Waals surface area (Å²) in [6.45, 7) is 0. The van der Waals surface area contributed by atoms with Crippen molar-refractivity contribution in [1.29, 1.82) is 0 Å². The third kappa shape index (κ3) is 4.49. The number of hydrazine groups is 1. The Morgan fingerprint density at radius 1 is 1.19 bits per heavy atom. The van der Waals surface area contributed by atoms with Crippen molar-refractivity contribution in [3.05, 3.63) is 58.1 Å². The standard InChI is InChI=1S/C15H16BrN3OS/c16-12-5-6-13(17)14(8-12)21-9-11-4-2-1-3-10(11)7-15(20)19-18/h1-6,8H,7,9,17-18H2,(H,19,20). The maximum absolute atomic E-state index is 11.4. The van der Waals surface area contributed by atoms with Gasteiger partial charge in [0.1, 0.15) is 0 Å². The molecule has 1 amide bonds. The van der Waals surface area contributed by atoms with Crippen LogP contribution >= 0.6 is 27.7 Å². The number of carbonyl (C=O) groups is 1. The van der Waals surface area contributed by atoms with Gasteiger partial charge in [0.15, 0.2) is 0 Å². The molecule has 2 aromatic carbocycles. The minimum absolute atomic E-state index is 0.200. The summed E-state index contributed by atoms with van der Waals surface area (Å²) < 4.78 is 0.995. The number of carbonyl (C=O) groups excluding carboxylic acids is 1. The van der Waals surface area contributed by atoms with Crippen LogP contribution in [-0.4, -0.2) is 5.91 Å². The summed E-state index contributed by atoms with van der Waals surface area (Å²) in [6.07, 6.45) is 0.279. The van der Waals surface area contributed by atoms with E-state index in [1.54, 1.807) is 11.8 Å². The van der Waals surface area contributed by atoms with Crippen LogP contribution in [0.4, 0.5) is 5.69 Å². The average Bonchev–Trinajstić information content (AvgIpc) is 2.49. The average molecular weight is 366 g/mol. The largest absolute Gasteiger partial charge is 0.398 e. The van der Waals surface area contributed by atoms with Gasteiger partial charge in [-0.25, -0.2) is 5.84 Å². The number of nitrogen functional groups attached to an aromatic ring is 1. The van der Waals surface area contributed by atoms with Crippen LogP contribution in [0.25, 0.3) is 0 Å². The summed E-state index contributed by atoms with van der Waals surface area (Å²) in [7, 11) is 0. The third-order valence-electron chi connectivity index (χ3n) is 2.99. The molecule has 4 nitrogen and oxygen atoms in total. The molecule has 0 fully saturated rings. The SMILES string of the molecule is NNC(=O)Cc1ccccc1CSc1cc(Br)ccc1N. The maximum Gasteiger partial charge on any atom is 0.238 e. The van der Waals surface area contributed by atoms with E-state index < -0.39 is 0 Å². The van der Waals surface area contributed by atoms with Crippen LogP contribution in [0.3, 0.4) is 0 Å². The van der Waals surface area contributed by atoms with Crippen molar-refractivity contribution >= 4 is 39.3 Å². The van der Waals surface area contributed by atoms with Crippen molar-refractivity contribution in [3.63, 3.8) is 0 Å². The normalized spacial score (nSPS) is 10.4. The zero-order valence-electron chi connectivity index (χ0n) is 11.3. The van der Waals surface area contributed by atoms with E-state index in [4.69, 9.17) is 11.6 Å². The molecule has 0 aliphatic rings. The maximum atomic E-state index is 11.4. The molecule has 5 N–H and O–H groups in total. The fourth-order valence-electron chi connectivity index (χ4n) is 1.88. The molecule has 0 atom stereocenters. The van der Waals surface area contributed by atoms with Crippen LogP contribution in [0.2, 0.25) is 0 Å². The second kappa shape index (κ2) is 7.49. The van der Waals surface area contributed by atoms with Gasteiger partial charge in [-0.15, -0.1) is 11.8 Å². The quantitative estimate of drug-likeness (QED) is 0.250. The zero-order valence-corrected chi connectivity index (χ0v) is 13.7. The molecule has 6 heteroatoms. The van der Waals surface area contributed by atoms with Crippen molar-refractivity contribution in [1.82, 2.24) is 5.43 Å². The molecule has 0 spiro atoms. The monoisotopic (exact) mass is 365 g/mol. The number of nitrogens with one attached hydrogen (secondary N) is 1. The van der Waals surface area contributed by atoms with Crippen LogP contribution in [0.5, 0.6) is 0 Å². The van der Waals surface area contributed by atoms with E-state index in [1.165, 1.54) is 0 Å². The number of anilines is 1. The number of amides is 1. The highest BCUT2D eigenvalue weighted by Crippen LogP contribution is 2.31. The molecule has 0 radical (unpaired) electrons. The highest BCUT2D eigenvalue weighted by atomic mass is 79.9. The molecule has 0 bridgehead atoms. The van der Waals surface area contributed by atoms with Crippen molar-refractivity contribution in [3.8, 4) is 0 Å². The number of nitrogens with two attached hydrogens (primary N) is 2. The Bertz CT molecular complexity index is 649. The van der Waals surface area contributed by atoms with E-state index in [0.717, 1.165) is 31.9 Å². The summed E-state index contributed by atoms with van der Waals surface area (Å²) in [5.41, 5.74) is 11.0. The Balaban J connectivity index is 2.13. The van der Waals surface area contributed by atoms with Crippen molar-refractivity contribution < 1.29 is 4.79 Å². The summed E-state index contributed by atoms with van der Waals surface area (Å²) >= 11 is 5.09. The molecule has 2 rings (SSSR count). The van der Waals surface area contributed by atoms with Gasteiger partial charge >= 0.3 is 0 Å². The van der Waals surface area contributed by atoms with Crippen LogP contribution in [0.1, 0.15) is 11.1 Å². The number of hydrogen-bond acceptors (Lipinski definition) is 4. The predicted octanol–water partition coefficient (Wildman–Crippen LogP) is 2.86. The van der Waals surface area contributed by atoms with Gasteiger partial charge in [-0.2, -0.15) is 0 Å². The number of thioether (sulfide) groups is 1. The first-order valence-electron chi connectivity index (χ1n) is 6.34. The lowest BCUT2D eigenvalue weighted by atomic mass is 10.1. The molecule has 0 aliphatic carbocycles. The molecular weight excluding hydrogens is 350 g/mol. The van der Waals surface area contributed by atoms with E-state index in [9.17, 15) is 4.79 Å². The molecule has 0 saturated carbocycles. The topological polar surface area (TPSA) is 81.1 Å². The third-order valence-corrected chi connectivity index (χ3v) is 4.60. The molecule has 0 unspecified atom stereocenters. The Hall–Kier alpha value is -1.50. The Kier molecular flexibility index (Phi) is 5.67. The smallest absolute Gasteiger partial charge is 0.238 e. The lowest BCUT2D eigenvalue weighted by molar-refractivity contribution is -0.120.